The highest BCUT2D eigenvalue weighted by atomic mass is 32.1. The summed E-state index contributed by atoms with van der Waals surface area (Å²) in [5.74, 6) is 0.525. The number of benzene rings is 1. The van der Waals surface area contributed by atoms with Crippen molar-refractivity contribution in [2.75, 3.05) is 10.6 Å². The molecule has 0 saturated heterocycles. The molecule has 8 nitrogen and oxygen atoms in total. The first-order chi connectivity index (χ1) is 14.3. The molecule has 3 aromatic heterocycles. The van der Waals surface area contributed by atoms with Gasteiger partial charge < -0.3 is 4.74 Å². The Morgan fingerprint density at radius 1 is 1.13 bits per heavy atom. The quantitative estimate of drug-likeness (QED) is 0.396. The minimum absolute atomic E-state index is 0.216. The van der Waals surface area contributed by atoms with E-state index >= 15 is 0 Å². The van der Waals surface area contributed by atoms with Gasteiger partial charge in [0.15, 0.2) is 5.82 Å². The first-order valence-corrected chi connectivity index (χ1v) is 10.8. The van der Waals surface area contributed by atoms with Crippen molar-refractivity contribution in [2.45, 2.75) is 26.4 Å². The number of hydrogen-bond donors (Lipinski definition) is 3. The molecule has 2 amide bonds. The summed E-state index contributed by atoms with van der Waals surface area (Å²) in [7, 11) is 0. The predicted octanol–water partition coefficient (Wildman–Crippen LogP) is 5.35. The second kappa shape index (κ2) is 7.88. The third-order valence-electron chi connectivity index (χ3n) is 3.85. The summed E-state index contributed by atoms with van der Waals surface area (Å²) >= 11 is 2.88. The highest BCUT2D eigenvalue weighted by Crippen LogP contribution is 2.29. The zero-order valence-electron chi connectivity index (χ0n) is 16.5. The maximum atomic E-state index is 12.6. The molecule has 4 rings (SSSR count). The molecule has 0 saturated carbocycles. The van der Waals surface area contributed by atoms with E-state index in [2.05, 4.69) is 25.8 Å². The van der Waals surface area contributed by atoms with Gasteiger partial charge in [-0.25, -0.2) is 4.79 Å². The van der Waals surface area contributed by atoms with E-state index in [1.807, 2.05) is 23.6 Å². The van der Waals surface area contributed by atoms with Crippen LogP contribution >= 0.6 is 22.7 Å². The number of carbonyl (C=O) groups excluding carboxylic acids is 2. The molecule has 0 atom stereocenters. The van der Waals surface area contributed by atoms with E-state index in [1.165, 1.54) is 22.7 Å². The highest BCUT2D eigenvalue weighted by molar-refractivity contribution is 7.20. The molecule has 0 aliphatic carbocycles. The predicted molar refractivity (Wildman–Crippen MR) is 119 cm³/mol. The average Bonchev–Trinajstić information content (AvgIpc) is 3.39. The van der Waals surface area contributed by atoms with Crippen LogP contribution in [0.4, 0.5) is 16.4 Å². The van der Waals surface area contributed by atoms with Crippen LogP contribution in [0.2, 0.25) is 0 Å². The molecule has 1 aromatic carbocycles. The summed E-state index contributed by atoms with van der Waals surface area (Å²) < 4.78 is 6.19. The topological polar surface area (TPSA) is 109 Å². The minimum Gasteiger partial charge on any atom is -0.444 e. The average molecular weight is 442 g/mol. The molecule has 10 heteroatoms. The van der Waals surface area contributed by atoms with Gasteiger partial charge in [0.05, 0.1) is 9.75 Å². The molecule has 0 bridgehead atoms. The number of rotatable bonds is 4. The van der Waals surface area contributed by atoms with Crippen LogP contribution in [0.15, 0.2) is 41.8 Å². The van der Waals surface area contributed by atoms with E-state index in [-0.39, 0.29) is 11.9 Å². The van der Waals surface area contributed by atoms with Crippen LogP contribution in [-0.4, -0.2) is 32.8 Å². The number of amides is 2. The number of hydrogen-bond acceptors (Lipinski definition) is 7. The van der Waals surface area contributed by atoms with E-state index < -0.39 is 11.7 Å². The number of nitrogens with one attached hydrogen (secondary N) is 3. The van der Waals surface area contributed by atoms with Crippen molar-refractivity contribution in [1.82, 2.24) is 15.2 Å². The van der Waals surface area contributed by atoms with Crippen molar-refractivity contribution in [3.8, 4) is 10.7 Å². The monoisotopic (exact) mass is 441 g/mol. The van der Waals surface area contributed by atoms with Gasteiger partial charge >= 0.3 is 6.09 Å². The lowest BCUT2D eigenvalue weighted by atomic mass is 10.2. The van der Waals surface area contributed by atoms with E-state index in [4.69, 9.17) is 4.74 Å². The Kier molecular flexibility index (Phi) is 5.27. The first kappa shape index (κ1) is 20.0. The Balaban J connectivity index is 1.46. The van der Waals surface area contributed by atoms with E-state index in [0.29, 0.717) is 16.4 Å². The van der Waals surface area contributed by atoms with Crippen molar-refractivity contribution < 1.29 is 14.3 Å². The van der Waals surface area contributed by atoms with Crippen molar-refractivity contribution in [3.63, 3.8) is 0 Å². The number of H-pyrrole nitrogens is 1. The van der Waals surface area contributed by atoms with Gasteiger partial charge in [0.2, 0.25) is 5.95 Å². The second-order valence-corrected chi connectivity index (χ2v) is 9.46. The van der Waals surface area contributed by atoms with Gasteiger partial charge in [-0.15, -0.1) is 27.8 Å². The van der Waals surface area contributed by atoms with Gasteiger partial charge in [0, 0.05) is 10.4 Å². The largest absolute Gasteiger partial charge is 0.444 e. The van der Waals surface area contributed by atoms with E-state index in [0.717, 1.165) is 15.0 Å². The Morgan fingerprint density at radius 3 is 2.70 bits per heavy atom. The summed E-state index contributed by atoms with van der Waals surface area (Å²) in [6.45, 7) is 5.41. The molecule has 0 fully saturated rings. The van der Waals surface area contributed by atoms with Gasteiger partial charge in [-0.3, -0.25) is 20.5 Å². The summed E-state index contributed by atoms with van der Waals surface area (Å²) in [5.41, 5.74) is 0.0157. The summed E-state index contributed by atoms with van der Waals surface area (Å²) in [6, 6.07) is 11.0. The smallest absolute Gasteiger partial charge is 0.412 e. The number of thiophene rings is 2. The first-order valence-electron chi connectivity index (χ1n) is 9.08. The Labute approximate surface area is 180 Å². The third kappa shape index (κ3) is 4.66. The van der Waals surface area contributed by atoms with Crippen molar-refractivity contribution >= 4 is 56.4 Å². The fourth-order valence-corrected chi connectivity index (χ4v) is 4.26. The summed E-state index contributed by atoms with van der Waals surface area (Å²) in [5, 5.41) is 15.1. The SMILES string of the molecule is CC(C)(C)OC(=O)Nc1ccc2sc(C(=O)Nc3n[nH]c(-c4cccs4)n3)cc2c1. The van der Waals surface area contributed by atoms with Crippen LogP contribution in [0.3, 0.4) is 0 Å². The Bertz CT molecular complexity index is 1200. The molecule has 154 valence electrons. The Morgan fingerprint density at radius 2 is 1.97 bits per heavy atom. The normalized spacial score (nSPS) is 11.4. The minimum atomic E-state index is -0.578. The molecule has 3 N–H and O–H groups in total. The number of aromatic nitrogens is 3. The number of ether oxygens (including phenoxy) is 1. The lowest BCUT2D eigenvalue weighted by molar-refractivity contribution is 0.0635. The van der Waals surface area contributed by atoms with Gasteiger partial charge in [0.1, 0.15) is 5.60 Å². The van der Waals surface area contributed by atoms with Crippen molar-refractivity contribution in [1.29, 1.82) is 0 Å². The van der Waals surface area contributed by atoms with Crippen LogP contribution in [0.25, 0.3) is 20.8 Å². The standard InChI is InChI=1S/C20H19N5O3S2/c1-20(2,3)28-19(27)21-12-6-7-13-11(9-12)10-15(30-13)17(26)23-18-22-16(24-25-18)14-5-4-8-29-14/h4-10H,1-3H3,(H,21,27)(H2,22,23,24,25,26). The van der Waals surface area contributed by atoms with Gasteiger partial charge in [-0.2, -0.15) is 4.98 Å². The molecule has 30 heavy (non-hydrogen) atoms. The third-order valence-corrected chi connectivity index (χ3v) is 5.84. The zero-order valence-corrected chi connectivity index (χ0v) is 18.1. The number of aromatic amines is 1. The molecule has 0 aliphatic heterocycles. The fraction of sp³-hybridized carbons (Fsp3) is 0.200. The number of carbonyl (C=O) groups is 2. The Hall–Kier alpha value is -3.24. The maximum Gasteiger partial charge on any atom is 0.412 e. The molecule has 0 radical (unpaired) electrons. The summed E-state index contributed by atoms with van der Waals surface area (Å²) in [4.78, 5) is 30.3. The van der Waals surface area contributed by atoms with Crippen LogP contribution in [0.5, 0.6) is 0 Å². The molecule has 3 heterocycles. The highest BCUT2D eigenvalue weighted by Gasteiger charge is 2.17. The molecular formula is C20H19N5O3S2. The number of anilines is 2. The zero-order chi connectivity index (χ0) is 21.3. The van der Waals surface area contributed by atoms with Gasteiger partial charge in [0.25, 0.3) is 5.91 Å². The molecule has 0 unspecified atom stereocenters. The molecule has 0 spiro atoms. The second-order valence-electron chi connectivity index (χ2n) is 7.43. The van der Waals surface area contributed by atoms with Crippen LogP contribution in [0.1, 0.15) is 30.4 Å². The van der Waals surface area contributed by atoms with Gasteiger partial charge in [-0.1, -0.05) is 6.07 Å². The van der Waals surface area contributed by atoms with Crippen LogP contribution in [0, 0.1) is 0 Å². The number of nitrogens with zero attached hydrogens (tertiary/aromatic N) is 2. The molecular weight excluding hydrogens is 422 g/mol. The van der Waals surface area contributed by atoms with Crippen molar-refractivity contribution in [3.05, 3.63) is 46.7 Å². The van der Waals surface area contributed by atoms with Crippen molar-refractivity contribution in [2.24, 2.45) is 0 Å². The van der Waals surface area contributed by atoms with Crippen LogP contribution < -0.4 is 10.6 Å². The fourth-order valence-electron chi connectivity index (χ4n) is 2.66. The van der Waals surface area contributed by atoms with E-state index in [9.17, 15) is 9.59 Å². The lowest BCUT2D eigenvalue weighted by Crippen LogP contribution is -2.27. The molecule has 0 aliphatic rings. The van der Waals surface area contributed by atoms with E-state index in [1.54, 1.807) is 39.0 Å². The summed E-state index contributed by atoms with van der Waals surface area (Å²) in [6.07, 6.45) is -0.527. The lowest BCUT2D eigenvalue weighted by Gasteiger charge is -2.19. The number of fused-ring (bicyclic) bond motifs is 1. The maximum absolute atomic E-state index is 12.6. The molecule has 4 aromatic rings. The van der Waals surface area contributed by atoms with Crippen LogP contribution in [-0.2, 0) is 4.74 Å². The van der Waals surface area contributed by atoms with Gasteiger partial charge in [-0.05, 0) is 61.9 Å².